The Morgan fingerprint density at radius 3 is 1.34 bits per heavy atom. The Bertz CT molecular complexity index is 703. The highest BCUT2D eigenvalue weighted by Crippen LogP contribution is 2.24. The minimum Gasteiger partial charge on any atom is -0.379 e. The average molecular weight is 511 g/mol. The van der Waals surface area contributed by atoms with Gasteiger partial charge in [0, 0.05) is 13.1 Å². The molecule has 0 amide bonds. The van der Waals surface area contributed by atoms with Crippen LogP contribution in [0.5, 0.6) is 0 Å². The summed E-state index contributed by atoms with van der Waals surface area (Å²) < 4.78 is 0. The fourth-order valence-corrected chi connectivity index (χ4v) is 4.85. The second kappa shape index (κ2) is 16.4. The van der Waals surface area contributed by atoms with Crippen LogP contribution in [0.15, 0.2) is 24.3 Å². The van der Waals surface area contributed by atoms with Crippen LogP contribution >= 0.6 is 48.9 Å². The summed E-state index contributed by atoms with van der Waals surface area (Å²) in [5, 5.41) is 13.5. The number of unbranched alkanes of at least 4 members (excludes halogenated alkanes) is 2. The van der Waals surface area contributed by atoms with Crippen LogP contribution in [0.1, 0.15) is 66.2 Å². The lowest BCUT2D eigenvalue weighted by Crippen LogP contribution is -2.37. The second-order valence-electron chi connectivity index (χ2n) is 7.73. The summed E-state index contributed by atoms with van der Waals surface area (Å²) in [7, 11) is 0. The molecular weight excluding hydrogens is 473 g/mol. The van der Waals surface area contributed by atoms with Crippen LogP contribution in [-0.2, 0) is 0 Å². The maximum Gasteiger partial charge on any atom is 0.0897 e. The van der Waals surface area contributed by atoms with Crippen molar-refractivity contribution in [3.63, 3.8) is 0 Å². The number of anilines is 2. The van der Waals surface area contributed by atoms with E-state index in [0.29, 0.717) is 9.98 Å². The molecule has 4 N–H and O–H groups in total. The molecule has 1 aromatic carbocycles. The molecule has 1 rings (SSSR count). The van der Waals surface area contributed by atoms with E-state index in [2.05, 4.69) is 49.0 Å². The van der Waals surface area contributed by atoms with Gasteiger partial charge in [-0.2, -0.15) is 0 Å². The van der Waals surface area contributed by atoms with Gasteiger partial charge >= 0.3 is 0 Å². The minimum absolute atomic E-state index is 0.00408. The molecule has 0 radical (unpaired) electrons. The van der Waals surface area contributed by atoms with E-state index in [-0.39, 0.29) is 11.8 Å². The van der Waals surface area contributed by atoms with Gasteiger partial charge in [-0.25, -0.2) is 0 Å². The van der Waals surface area contributed by atoms with E-state index in [1.807, 2.05) is 24.3 Å². The van der Waals surface area contributed by atoms with E-state index >= 15 is 0 Å². The summed E-state index contributed by atoms with van der Waals surface area (Å²) in [6.07, 6.45) is 6.12. The van der Waals surface area contributed by atoms with Crippen LogP contribution < -0.4 is 21.3 Å². The zero-order valence-electron chi connectivity index (χ0n) is 19.8. The molecule has 0 aliphatic carbocycles. The fraction of sp³-hybridized carbons (Fsp3) is 0.583. The molecule has 0 bridgehead atoms. The van der Waals surface area contributed by atoms with Crippen molar-refractivity contribution < 1.29 is 0 Å². The first-order valence-electron chi connectivity index (χ1n) is 11.7. The highest BCUT2D eigenvalue weighted by molar-refractivity contribution is 7.82. The largest absolute Gasteiger partial charge is 0.379 e. The van der Waals surface area contributed by atoms with Crippen LogP contribution in [0.25, 0.3) is 0 Å². The molecular formula is C24H38N4S4. The standard InChI is InChI=1S/C24H38N4S4/c1-5-9-15-25-21(29)17(7-3)23(31)27-19-13-11-12-14-20(19)28-24(32)18(8-4)22(30)26-16-10-6-2/h11-14,17-18H,5-10,15-16H2,1-4H3,(H,25,29)(H,26,30)(H,27,31)(H,28,32). The van der Waals surface area contributed by atoms with E-state index < -0.39 is 0 Å². The zero-order chi connectivity index (χ0) is 23.9. The molecule has 178 valence electrons. The second-order valence-corrected chi connectivity index (χ2v) is 9.49. The summed E-state index contributed by atoms with van der Waals surface area (Å²) in [6.45, 7) is 10.3. The summed E-state index contributed by atoms with van der Waals surface area (Å²) in [5.41, 5.74) is 1.77. The first kappa shape index (κ1) is 28.8. The average Bonchev–Trinajstić information content (AvgIpc) is 2.76. The number of rotatable bonds is 14. The van der Waals surface area contributed by atoms with Gasteiger partial charge in [-0.15, -0.1) is 0 Å². The maximum atomic E-state index is 5.73. The molecule has 4 nitrogen and oxygen atoms in total. The van der Waals surface area contributed by atoms with Gasteiger partial charge in [0.05, 0.1) is 43.2 Å². The van der Waals surface area contributed by atoms with Gasteiger partial charge in [0.25, 0.3) is 0 Å². The first-order chi connectivity index (χ1) is 15.4. The summed E-state index contributed by atoms with van der Waals surface area (Å²) in [4.78, 5) is 3.03. The Morgan fingerprint density at radius 1 is 0.656 bits per heavy atom. The van der Waals surface area contributed by atoms with Gasteiger partial charge in [-0.3, -0.25) is 0 Å². The zero-order valence-corrected chi connectivity index (χ0v) is 23.0. The number of benzene rings is 1. The highest BCUT2D eigenvalue weighted by atomic mass is 32.1. The van der Waals surface area contributed by atoms with Gasteiger partial charge in [0.1, 0.15) is 0 Å². The lowest BCUT2D eigenvalue weighted by Gasteiger charge is -2.23. The molecule has 0 fully saturated rings. The van der Waals surface area contributed by atoms with Crippen molar-refractivity contribution in [3.8, 4) is 0 Å². The van der Waals surface area contributed by atoms with Gasteiger partial charge in [-0.1, -0.05) is 102 Å². The fourth-order valence-electron chi connectivity index (χ4n) is 3.14. The van der Waals surface area contributed by atoms with Crippen molar-refractivity contribution in [2.24, 2.45) is 11.8 Å². The van der Waals surface area contributed by atoms with Gasteiger partial charge < -0.3 is 21.3 Å². The highest BCUT2D eigenvalue weighted by Gasteiger charge is 2.21. The Kier molecular flexibility index (Phi) is 14.8. The Hall–Kier alpha value is -1.22. The van der Waals surface area contributed by atoms with Crippen LogP contribution in [0.2, 0.25) is 0 Å². The topological polar surface area (TPSA) is 48.1 Å². The van der Waals surface area contributed by atoms with Crippen molar-refractivity contribution in [2.75, 3.05) is 23.7 Å². The molecule has 2 unspecified atom stereocenters. The normalized spacial score (nSPS) is 12.4. The van der Waals surface area contributed by atoms with Gasteiger partial charge in [-0.05, 0) is 37.8 Å². The van der Waals surface area contributed by atoms with Gasteiger partial charge in [0.15, 0.2) is 0 Å². The van der Waals surface area contributed by atoms with Crippen LogP contribution in [0.4, 0.5) is 11.4 Å². The first-order valence-corrected chi connectivity index (χ1v) is 13.3. The van der Waals surface area contributed by atoms with Gasteiger partial charge in [0.2, 0.25) is 0 Å². The van der Waals surface area contributed by atoms with Crippen LogP contribution in [0, 0.1) is 11.8 Å². The van der Waals surface area contributed by atoms with Crippen LogP contribution in [0.3, 0.4) is 0 Å². The molecule has 0 saturated carbocycles. The monoisotopic (exact) mass is 510 g/mol. The predicted molar refractivity (Wildman–Crippen MR) is 157 cm³/mol. The Balaban J connectivity index is 2.86. The molecule has 0 spiro atoms. The predicted octanol–water partition coefficient (Wildman–Crippen LogP) is 6.65. The molecule has 8 heteroatoms. The summed E-state index contributed by atoms with van der Waals surface area (Å²) in [5.74, 6) is -0.00815. The number of thiocarbonyl (C=S) groups is 4. The van der Waals surface area contributed by atoms with E-state index in [1.165, 1.54) is 0 Å². The quantitative estimate of drug-likeness (QED) is 0.164. The number of nitrogens with one attached hydrogen (secondary N) is 4. The third-order valence-corrected chi connectivity index (χ3v) is 6.82. The van der Waals surface area contributed by atoms with Crippen molar-refractivity contribution in [1.29, 1.82) is 0 Å². The smallest absolute Gasteiger partial charge is 0.0897 e. The molecule has 0 saturated heterocycles. The Labute approximate surface area is 216 Å². The molecule has 1 aromatic rings. The molecule has 0 heterocycles. The summed E-state index contributed by atoms with van der Waals surface area (Å²) >= 11 is 22.7. The molecule has 32 heavy (non-hydrogen) atoms. The van der Waals surface area contributed by atoms with Crippen molar-refractivity contribution in [3.05, 3.63) is 24.3 Å². The number of hydrogen-bond acceptors (Lipinski definition) is 4. The van der Waals surface area contributed by atoms with E-state index in [4.69, 9.17) is 48.9 Å². The molecule has 0 aliphatic rings. The number of hydrogen-bond donors (Lipinski definition) is 4. The Morgan fingerprint density at radius 2 is 1.03 bits per heavy atom. The maximum absolute atomic E-state index is 5.73. The molecule has 0 aliphatic heterocycles. The molecule has 0 aromatic heterocycles. The lowest BCUT2D eigenvalue weighted by atomic mass is 10.1. The van der Waals surface area contributed by atoms with Crippen LogP contribution in [-0.4, -0.2) is 33.0 Å². The number of para-hydroxylation sites is 2. The SMILES string of the molecule is CCCCNC(=S)C(CC)C(=S)Nc1ccccc1NC(=S)C(CC)C(=S)NCCCC. The minimum atomic E-state index is -0.00408. The third kappa shape index (κ3) is 9.73. The summed E-state index contributed by atoms with van der Waals surface area (Å²) in [6, 6.07) is 7.95. The van der Waals surface area contributed by atoms with E-state index in [9.17, 15) is 0 Å². The van der Waals surface area contributed by atoms with E-state index in [1.54, 1.807) is 0 Å². The molecule has 2 atom stereocenters. The van der Waals surface area contributed by atoms with Crippen molar-refractivity contribution >= 4 is 80.2 Å². The third-order valence-electron chi connectivity index (χ3n) is 5.18. The van der Waals surface area contributed by atoms with Crippen molar-refractivity contribution in [1.82, 2.24) is 10.6 Å². The van der Waals surface area contributed by atoms with Crippen molar-refractivity contribution in [2.45, 2.75) is 66.2 Å². The lowest BCUT2D eigenvalue weighted by molar-refractivity contribution is 0.734. The van der Waals surface area contributed by atoms with E-state index in [0.717, 1.165) is 73.0 Å².